The van der Waals surface area contributed by atoms with Crippen molar-refractivity contribution in [3.63, 3.8) is 0 Å². The molecule has 0 aliphatic carbocycles. The fourth-order valence-electron chi connectivity index (χ4n) is 1.90. The van der Waals surface area contributed by atoms with Crippen LogP contribution in [0.25, 0.3) is 6.08 Å². The average Bonchev–Trinajstić information content (AvgIpc) is 3.01. The van der Waals surface area contributed by atoms with E-state index < -0.39 is 0 Å². The largest absolute Gasteiger partial charge is 0.331 e. The van der Waals surface area contributed by atoms with E-state index in [9.17, 15) is 9.18 Å². The Balaban J connectivity index is 2.13. The van der Waals surface area contributed by atoms with Crippen LogP contribution in [-0.2, 0) is 11.3 Å². The second-order valence-corrected chi connectivity index (χ2v) is 6.49. The molecule has 2 nitrogen and oxygen atoms in total. The highest BCUT2D eigenvalue weighted by Crippen LogP contribution is 2.18. The molecule has 0 bridgehead atoms. The molecule has 0 fully saturated rings. The third-order valence-corrected chi connectivity index (χ3v) is 4.29. The first-order valence-corrected chi connectivity index (χ1v) is 8.32. The summed E-state index contributed by atoms with van der Waals surface area (Å²) in [7, 11) is 0. The van der Waals surface area contributed by atoms with Gasteiger partial charge in [-0.3, -0.25) is 4.79 Å². The first-order valence-electron chi connectivity index (χ1n) is 6.65. The van der Waals surface area contributed by atoms with Crippen molar-refractivity contribution in [2.75, 3.05) is 6.54 Å². The van der Waals surface area contributed by atoms with Gasteiger partial charge >= 0.3 is 0 Å². The molecule has 0 saturated carbocycles. The van der Waals surface area contributed by atoms with Gasteiger partial charge in [0.1, 0.15) is 5.82 Å². The summed E-state index contributed by atoms with van der Waals surface area (Å²) in [6.07, 6.45) is 4.90. The molecule has 0 unspecified atom stereocenters. The van der Waals surface area contributed by atoms with Crippen LogP contribution in [0.4, 0.5) is 4.39 Å². The molecule has 0 spiro atoms. The van der Waals surface area contributed by atoms with Crippen LogP contribution in [0.5, 0.6) is 0 Å². The van der Waals surface area contributed by atoms with Gasteiger partial charge in [0.05, 0.1) is 0 Å². The Morgan fingerprint density at radius 1 is 1.41 bits per heavy atom. The number of thiophene rings is 1. The first kappa shape index (κ1) is 16.6. The first-order chi connectivity index (χ1) is 10.6. The molecule has 1 amide bonds. The Morgan fingerprint density at radius 2 is 2.23 bits per heavy atom. The number of hydrogen-bond acceptors (Lipinski definition) is 2. The predicted octanol–water partition coefficient (Wildman–Crippen LogP) is 4.88. The van der Waals surface area contributed by atoms with E-state index in [-0.39, 0.29) is 18.3 Å². The number of hydrogen-bond donors (Lipinski definition) is 0. The van der Waals surface area contributed by atoms with Crippen molar-refractivity contribution in [3.8, 4) is 0 Å². The van der Waals surface area contributed by atoms with Gasteiger partial charge in [-0.2, -0.15) is 0 Å². The standard InChI is InChI=1S/C17H15BrFNOS/c1-2-9-20(12-13-11-14(18)5-7-16(13)19)17(21)8-6-15-4-3-10-22-15/h2-8,10-11H,1,9,12H2/b8-6+. The molecule has 0 N–H and O–H groups in total. The maximum Gasteiger partial charge on any atom is 0.247 e. The zero-order valence-electron chi connectivity index (χ0n) is 11.8. The molecule has 1 heterocycles. The highest BCUT2D eigenvalue weighted by molar-refractivity contribution is 9.10. The quantitative estimate of drug-likeness (QED) is 0.517. The topological polar surface area (TPSA) is 20.3 Å². The lowest BCUT2D eigenvalue weighted by Crippen LogP contribution is -2.29. The Morgan fingerprint density at radius 3 is 2.91 bits per heavy atom. The van der Waals surface area contributed by atoms with Gasteiger partial charge in [-0.05, 0) is 35.7 Å². The molecule has 2 aromatic rings. The summed E-state index contributed by atoms with van der Waals surface area (Å²) in [5.74, 6) is -0.500. The Labute approximate surface area is 141 Å². The molecule has 0 saturated heterocycles. The fraction of sp³-hybridized carbons (Fsp3) is 0.118. The maximum absolute atomic E-state index is 13.8. The normalized spacial score (nSPS) is 10.8. The fourth-order valence-corrected chi connectivity index (χ4v) is 2.93. The van der Waals surface area contributed by atoms with Crippen molar-refractivity contribution in [2.24, 2.45) is 0 Å². The minimum atomic E-state index is -0.327. The van der Waals surface area contributed by atoms with E-state index in [0.29, 0.717) is 12.1 Å². The van der Waals surface area contributed by atoms with Crippen molar-refractivity contribution >= 4 is 39.2 Å². The molecule has 22 heavy (non-hydrogen) atoms. The molecule has 1 aromatic carbocycles. The molecule has 2 rings (SSSR count). The molecule has 1 aromatic heterocycles. The number of carbonyl (C=O) groups excluding carboxylic acids is 1. The van der Waals surface area contributed by atoms with Gasteiger partial charge in [0.15, 0.2) is 0 Å². The van der Waals surface area contributed by atoms with Crippen molar-refractivity contribution < 1.29 is 9.18 Å². The van der Waals surface area contributed by atoms with Crippen LogP contribution in [0, 0.1) is 5.82 Å². The van der Waals surface area contributed by atoms with Gasteiger partial charge in [0, 0.05) is 34.1 Å². The zero-order chi connectivity index (χ0) is 15.9. The van der Waals surface area contributed by atoms with Gasteiger partial charge in [-0.1, -0.05) is 28.1 Å². The molecule has 5 heteroatoms. The Kier molecular flexibility index (Phi) is 6.10. The van der Waals surface area contributed by atoms with E-state index in [0.717, 1.165) is 9.35 Å². The van der Waals surface area contributed by atoms with Crippen LogP contribution in [0.3, 0.4) is 0 Å². The highest BCUT2D eigenvalue weighted by atomic mass is 79.9. The summed E-state index contributed by atoms with van der Waals surface area (Å²) in [6.45, 7) is 4.22. The van der Waals surface area contributed by atoms with Crippen molar-refractivity contribution in [1.82, 2.24) is 4.90 Å². The molecule has 114 valence electrons. The van der Waals surface area contributed by atoms with Gasteiger partial charge in [-0.15, -0.1) is 17.9 Å². The van der Waals surface area contributed by atoms with Crippen molar-refractivity contribution in [3.05, 3.63) is 75.2 Å². The average molecular weight is 380 g/mol. The second kappa shape index (κ2) is 8.06. The van der Waals surface area contributed by atoms with E-state index in [4.69, 9.17) is 0 Å². The van der Waals surface area contributed by atoms with Gasteiger partial charge < -0.3 is 4.90 Å². The highest BCUT2D eigenvalue weighted by Gasteiger charge is 2.13. The van der Waals surface area contributed by atoms with Crippen molar-refractivity contribution in [1.29, 1.82) is 0 Å². The minimum absolute atomic E-state index is 0.173. The Bertz CT molecular complexity index is 682. The van der Waals surface area contributed by atoms with Crippen LogP contribution in [0.1, 0.15) is 10.4 Å². The SMILES string of the molecule is C=CCN(Cc1cc(Br)ccc1F)C(=O)/C=C/c1cccs1. The number of carbonyl (C=O) groups is 1. The molecular weight excluding hydrogens is 365 g/mol. The number of benzene rings is 1. The number of nitrogens with zero attached hydrogens (tertiary/aromatic N) is 1. The lowest BCUT2D eigenvalue weighted by molar-refractivity contribution is -0.126. The minimum Gasteiger partial charge on any atom is -0.331 e. The molecule has 0 radical (unpaired) electrons. The van der Waals surface area contributed by atoms with Gasteiger partial charge in [-0.25, -0.2) is 4.39 Å². The van der Waals surface area contributed by atoms with Crippen LogP contribution in [-0.4, -0.2) is 17.4 Å². The molecule has 0 atom stereocenters. The second-order valence-electron chi connectivity index (χ2n) is 4.59. The lowest BCUT2D eigenvalue weighted by atomic mass is 10.2. The number of halogens is 2. The summed E-state index contributed by atoms with van der Waals surface area (Å²) >= 11 is 4.87. The third kappa shape index (κ3) is 4.64. The van der Waals surface area contributed by atoms with E-state index in [1.165, 1.54) is 12.1 Å². The smallest absolute Gasteiger partial charge is 0.247 e. The monoisotopic (exact) mass is 379 g/mol. The zero-order valence-corrected chi connectivity index (χ0v) is 14.2. The van der Waals surface area contributed by atoms with E-state index >= 15 is 0 Å². The third-order valence-electron chi connectivity index (χ3n) is 2.96. The lowest BCUT2D eigenvalue weighted by Gasteiger charge is -2.20. The molecular formula is C17H15BrFNOS. The van der Waals surface area contributed by atoms with Crippen LogP contribution < -0.4 is 0 Å². The van der Waals surface area contributed by atoms with Gasteiger partial charge in [0.2, 0.25) is 5.91 Å². The van der Waals surface area contributed by atoms with E-state index in [2.05, 4.69) is 22.5 Å². The van der Waals surface area contributed by atoms with Crippen LogP contribution >= 0.6 is 27.3 Å². The summed E-state index contributed by atoms with van der Waals surface area (Å²) in [6, 6.07) is 8.56. The summed E-state index contributed by atoms with van der Waals surface area (Å²) in [5.41, 5.74) is 0.467. The molecule has 0 aliphatic heterocycles. The summed E-state index contributed by atoms with van der Waals surface area (Å²) < 4.78 is 14.6. The van der Waals surface area contributed by atoms with Crippen LogP contribution in [0.2, 0.25) is 0 Å². The summed E-state index contributed by atoms with van der Waals surface area (Å²) in [4.78, 5) is 14.8. The van der Waals surface area contributed by atoms with Crippen LogP contribution in [0.15, 0.2) is 58.9 Å². The van der Waals surface area contributed by atoms with Crippen molar-refractivity contribution in [2.45, 2.75) is 6.54 Å². The Hall–Kier alpha value is -1.72. The van der Waals surface area contributed by atoms with E-state index in [1.807, 2.05) is 17.5 Å². The summed E-state index contributed by atoms with van der Waals surface area (Å²) in [5, 5.41) is 1.95. The van der Waals surface area contributed by atoms with Gasteiger partial charge in [0.25, 0.3) is 0 Å². The maximum atomic E-state index is 13.8. The molecule has 0 aliphatic rings. The predicted molar refractivity (Wildman–Crippen MR) is 93.1 cm³/mol. The number of amides is 1. The number of rotatable bonds is 6. The van der Waals surface area contributed by atoms with E-state index in [1.54, 1.807) is 40.5 Å².